The van der Waals surface area contributed by atoms with Crippen LogP contribution in [-0.2, 0) is 0 Å². The molecule has 2 aromatic rings. The third kappa shape index (κ3) is 5.06. The maximum absolute atomic E-state index is 4.71. The second-order valence-corrected chi connectivity index (χ2v) is 7.67. The van der Waals surface area contributed by atoms with E-state index in [0.717, 1.165) is 44.1 Å². The summed E-state index contributed by atoms with van der Waals surface area (Å²) in [6.45, 7) is 8.68. The van der Waals surface area contributed by atoms with Crippen LogP contribution in [0.5, 0.6) is 0 Å². The number of aryl methyl sites for hydroxylation is 1. The molecule has 0 spiro atoms. The van der Waals surface area contributed by atoms with Gasteiger partial charge in [-0.05, 0) is 44.2 Å². The lowest BCUT2D eigenvalue weighted by atomic mass is 10.1. The maximum Gasteiger partial charge on any atom is 0.233 e. The van der Waals surface area contributed by atoms with Crippen LogP contribution in [-0.4, -0.2) is 65.5 Å². The number of nitrogens with zero attached hydrogens (tertiary/aromatic N) is 6. The van der Waals surface area contributed by atoms with Gasteiger partial charge >= 0.3 is 0 Å². The van der Waals surface area contributed by atoms with Gasteiger partial charge in [-0.15, -0.1) is 0 Å². The van der Waals surface area contributed by atoms with Crippen LogP contribution in [0.15, 0.2) is 40.9 Å². The van der Waals surface area contributed by atoms with E-state index in [-0.39, 0.29) is 0 Å². The number of hydrogen-bond donors (Lipinski definition) is 1. The molecule has 29 heavy (non-hydrogen) atoms. The van der Waals surface area contributed by atoms with Crippen molar-refractivity contribution in [1.82, 2.24) is 19.9 Å². The first kappa shape index (κ1) is 19.3. The first-order valence-corrected chi connectivity index (χ1v) is 9.98. The molecule has 3 heterocycles. The zero-order valence-corrected chi connectivity index (χ0v) is 17.3. The number of aliphatic imine (C=N–C) groups is 1. The minimum absolute atomic E-state index is 0.530. The zero-order chi connectivity index (χ0) is 20.2. The second kappa shape index (κ2) is 8.53. The third-order valence-electron chi connectivity index (χ3n) is 5.02. The molecule has 7 heteroatoms. The summed E-state index contributed by atoms with van der Waals surface area (Å²) >= 11 is 0. The van der Waals surface area contributed by atoms with Gasteiger partial charge in [0.2, 0.25) is 11.9 Å². The van der Waals surface area contributed by atoms with Crippen LogP contribution in [0.3, 0.4) is 0 Å². The summed E-state index contributed by atoms with van der Waals surface area (Å²) in [4.78, 5) is 23.0. The highest BCUT2D eigenvalue weighted by molar-refractivity contribution is 6.04. The first-order chi connectivity index (χ1) is 14.0. The van der Waals surface area contributed by atoms with E-state index in [9.17, 15) is 0 Å². The maximum atomic E-state index is 4.71. The zero-order valence-electron chi connectivity index (χ0n) is 17.3. The molecule has 7 nitrogen and oxygen atoms in total. The molecule has 1 aromatic carbocycles. The number of aromatic nitrogens is 3. The highest BCUT2D eigenvalue weighted by Crippen LogP contribution is 2.16. The number of hydrogen-bond acceptors (Lipinski definition) is 7. The molecular weight excluding hydrogens is 362 g/mol. The Morgan fingerprint density at radius 1 is 1.00 bits per heavy atom. The number of amidine groups is 1. The predicted octanol–water partition coefficient (Wildman–Crippen LogP) is 2.87. The molecule has 1 aromatic heterocycles. The molecule has 1 fully saturated rings. The van der Waals surface area contributed by atoms with Crippen molar-refractivity contribution >= 4 is 29.9 Å². The van der Waals surface area contributed by atoms with Gasteiger partial charge in [0.25, 0.3) is 0 Å². The number of likely N-dealkylation sites (N-methyl/N-ethyl adjacent to an activating group) is 1. The number of anilines is 2. The Bertz CT molecular complexity index is 969. The lowest BCUT2D eigenvalue weighted by Gasteiger charge is -2.32. The summed E-state index contributed by atoms with van der Waals surface area (Å²) in [5, 5.41) is 3.25. The Morgan fingerprint density at radius 2 is 1.83 bits per heavy atom. The van der Waals surface area contributed by atoms with Crippen molar-refractivity contribution in [2.24, 2.45) is 4.99 Å². The van der Waals surface area contributed by atoms with Crippen LogP contribution in [0.2, 0.25) is 0 Å². The molecule has 1 saturated heterocycles. The van der Waals surface area contributed by atoms with Gasteiger partial charge in [-0.25, -0.2) is 0 Å². The van der Waals surface area contributed by atoms with Gasteiger partial charge in [0.1, 0.15) is 5.84 Å². The van der Waals surface area contributed by atoms with Crippen molar-refractivity contribution in [3.63, 3.8) is 0 Å². The number of rotatable bonds is 4. The van der Waals surface area contributed by atoms with E-state index < -0.39 is 0 Å². The summed E-state index contributed by atoms with van der Waals surface area (Å²) in [7, 11) is 2.14. The molecule has 0 amide bonds. The lowest BCUT2D eigenvalue weighted by molar-refractivity contribution is 0.311. The van der Waals surface area contributed by atoms with E-state index >= 15 is 0 Å². The van der Waals surface area contributed by atoms with Crippen molar-refractivity contribution in [3.05, 3.63) is 52.9 Å². The van der Waals surface area contributed by atoms with Crippen LogP contribution in [0.4, 0.5) is 11.9 Å². The molecule has 2 aliphatic heterocycles. The fourth-order valence-corrected chi connectivity index (χ4v) is 3.33. The summed E-state index contributed by atoms with van der Waals surface area (Å²) in [6.07, 6.45) is 6.01. The quantitative estimate of drug-likeness (QED) is 0.867. The van der Waals surface area contributed by atoms with Gasteiger partial charge in [0.05, 0.1) is 6.54 Å². The first-order valence-electron chi connectivity index (χ1n) is 9.98. The summed E-state index contributed by atoms with van der Waals surface area (Å²) < 4.78 is 0. The fraction of sp³-hybridized carbons (Fsp3) is 0.364. The van der Waals surface area contributed by atoms with E-state index in [4.69, 9.17) is 4.98 Å². The minimum Gasteiger partial charge on any atom is -0.338 e. The van der Waals surface area contributed by atoms with E-state index in [1.54, 1.807) is 0 Å². The van der Waals surface area contributed by atoms with Gasteiger partial charge in [-0.1, -0.05) is 35.9 Å². The third-order valence-corrected chi connectivity index (χ3v) is 5.02. The standard InChI is InChI=1S/C22H27N7/c1-16-5-4-6-18(13-16)7-8-19-24-21(25-20-14-17(2)15-23-20)27-22(26-19)29-11-9-28(3)10-12-29/h4-8,13-14H,9-12,15H2,1-3H3,(H,23,24,25,26,27)/b8-7+. The van der Waals surface area contributed by atoms with Crippen LogP contribution >= 0.6 is 0 Å². The Morgan fingerprint density at radius 3 is 2.55 bits per heavy atom. The van der Waals surface area contributed by atoms with Gasteiger partial charge in [0.15, 0.2) is 5.82 Å². The molecule has 0 bridgehead atoms. The molecule has 0 atom stereocenters. The van der Waals surface area contributed by atoms with E-state index in [1.807, 2.05) is 18.2 Å². The molecule has 4 rings (SSSR count). The average Bonchev–Trinajstić information content (AvgIpc) is 3.11. The van der Waals surface area contributed by atoms with Crippen molar-refractivity contribution in [3.8, 4) is 0 Å². The van der Waals surface area contributed by atoms with Crippen molar-refractivity contribution in [1.29, 1.82) is 0 Å². The summed E-state index contributed by atoms with van der Waals surface area (Å²) in [5.41, 5.74) is 3.57. The summed E-state index contributed by atoms with van der Waals surface area (Å²) in [5.74, 6) is 2.67. The van der Waals surface area contributed by atoms with E-state index in [2.05, 4.69) is 75.2 Å². The number of piperazine rings is 1. The molecule has 0 aliphatic carbocycles. The molecular formula is C22H27N7. The molecule has 0 saturated carbocycles. The smallest absolute Gasteiger partial charge is 0.233 e. The normalized spacial score (nSPS) is 17.6. The molecule has 0 unspecified atom stereocenters. The second-order valence-electron chi connectivity index (χ2n) is 7.67. The molecule has 2 aliphatic rings. The van der Waals surface area contributed by atoms with E-state index in [0.29, 0.717) is 17.7 Å². The topological polar surface area (TPSA) is 69.5 Å². The highest BCUT2D eigenvalue weighted by atomic mass is 15.3. The Kier molecular flexibility index (Phi) is 5.67. The Balaban J connectivity index is 1.62. The number of benzene rings is 1. The van der Waals surface area contributed by atoms with Crippen molar-refractivity contribution < 1.29 is 0 Å². The van der Waals surface area contributed by atoms with Crippen LogP contribution in [0.25, 0.3) is 12.2 Å². The summed E-state index contributed by atoms with van der Waals surface area (Å²) in [6, 6.07) is 8.36. The Hall–Kier alpha value is -3.06. The van der Waals surface area contributed by atoms with Crippen molar-refractivity contribution in [2.45, 2.75) is 13.8 Å². The minimum atomic E-state index is 0.530. The molecule has 150 valence electrons. The van der Waals surface area contributed by atoms with Crippen molar-refractivity contribution in [2.75, 3.05) is 50.0 Å². The van der Waals surface area contributed by atoms with Gasteiger partial charge in [0, 0.05) is 26.2 Å². The molecule has 1 N–H and O–H groups in total. The predicted molar refractivity (Wildman–Crippen MR) is 119 cm³/mol. The van der Waals surface area contributed by atoms with E-state index in [1.165, 1.54) is 11.1 Å². The lowest BCUT2D eigenvalue weighted by Crippen LogP contribution is -2.45. The van der Waals surface area contributed by atoms with Gasteiger partial charge in [-0.2, -0.15) is 15.0 Å². The molecule has 0 radical (unpaired) electrons. The highest BCUT2D eigenvalue weighted by Gasteiger charge is 2.18. The average molecular weight is 390 g/mol. The van der Waals surface area contributed by atoms with Gasteiger partial charge in [-0.3, -0.25) is 4.99 Å². The largest absolute Gasteiger partial charge is 0.338 e. The van der Waals surface area contributed by atoms with Crippen LogP contribution < -0.4 is 10.2 Å². The monoisotopic (exact) mass is 389 g/mol. The Labute approximate surface area is 171 Å². The van der Waals surface area contributed by atoms with Crippen LogP contribution in [0, 0.1) is 6.92 Å². The SMILES string of the molecule is CC1=CC(Nc2nc(/C=C/c3cccc(C)c3)nc(N3CCN(C)CC3)n2)=NC1. The fourth-order valence-electron chi connectivity index (χ4n) is 3.33. The van der Waals surface area contributed by atoms with Gasteiger partial charge < -0.3 is 15.1 Å². The number of nitrogens with one attached hydrogen (secondary N) is 1. The van der Waals surface area contributed by atoms with Crippen LogP contribution in [0.1, 0.15) is 23.9 Å².